The van der Waals surface area contributed by atoms with Crippen LogP contribution in [0.1, 0.15) is 26.3 Å². The predicted octanol–water partition coefficient (Wildman–Crippen LogP) is 1.85. The quantitative estimate of drug-likeness (QED) is 0.492. The summed E-state index contributed by atoms with van der Waals surface area (Å²) in [6.45, 7) is 8.39. The average molecular weight is 283 g/mol. The van der Waals surface area contributed by atoms with Gasteiger partial charge < -0.3 is 0 Å². The van der Waals surface area contributed by atoms with Gasteiger partial charge in [0, 0.05) is 6.54 Å². The first-order valence-electron chi connectivity index (χ1n) is 6.17. The fourth-order valence-electron chi connectivity index (χ4n) is 1.28. The number of sulfonamides is 1. The van der Waals surface area contributed by atoms with Crippen LogP contribution in [0.4, 0.5) is 0 Å². The lowest BCUT2D eigenvalue weighted by atomic mass is 10.2. The van der Waals surface area contributed by atoms with Crippen molar-refractivity contribution in [1.29, 1.82) is 0 Å². The van der Waals surface area contributed by atoms with Gasteiger partial charge in [0.1, 0.15) is 5.84 Å². The molecule has 106 valence electrons. The molecular weight excluding hydrogens is 262 g/mol. The highest BCUT2D eigenvalue weighted by molar-refractivity contribution is 7.89. The van der Waals surface area contributed by atoms with Crippen molar-refractivity contribution in [3.8, 4) is 0 Å². The number of nitrogens with zero attached hydrogens (tertiary/aromatic N) is 1. The molecular formula is C13H21N3O2S. The van der Waals surface area contributed by atoms with Gasteiger partial charge in [-0.3, -0.25) is 10.4 Å². The first-order chi connectivity index (χ1) is 8.81. The van der Waals surface area contributed by atoms with E-state index in [0.717, 1.165) is 5.56 Å². The maximum absolute atomic E-state index is 12.0. The molecule has 2 N–H and O–H groups in total. The van der Waals surface area contributed by atoms with Crippen LogP contribution < -0.4 is 10.3 Å². The van der Waals surface area contributed by atoms with Gasteiger partial charge in [-0.2, -0.15) is 0 Å². The average Bonchev–Trinajstić information content (AvgIpc) is 2.34. The zero-order valence-corrected chi connectivity index (χ0v) is 12.6. The minimum Gasteiger partial charge on any atom is -0.296 e. The molecule has 0 saturated carbocycles. The Balaban J connectivity index is 2.66. The van der Waals surface area contributed by atoms with Crippen LogP contribution in [0.3, 0.4) is 0 Å². The lowest BCUT2D eigenvalue weighted by molar-refractivity contribution is 0.576. The Bertz CT molecular complexity index is 534. The molecule has 1 aromatic rings. The van der Waals surface area contributed by atoms with Gasteiger partial charge in [-0.05, 0) is 31.9 Å². The predicted molar refractivity (Wildman–Crippen MR) is 77.5 cm³/mol. The van der Waals surface area contributed by atoms with Gasteiger partial charge in [-0.1, -0.05) is 31.5 Å². The van der Waals surface area contributed by atoms with Crippen LogP contribution in [-0.4, -0.2) is 20.8 Å². The van der Waals surface area contributed by atoms with Gasteiger partial charge in [-0.15, -0.1) is 4.83 Å². The summed E-state index contributed by atoms with van der Waals surface area (Å²) >= 11 is 0. The van der Waals surface area contributed by atoms with Crippen LogP contribution in [0, 0.1) is 12.8 Å². The minimum atomic E-state index is -3.55. The van der Waals surface area contributed by atoms with Crippen molar-refractivity contribution < 1.29 is 8.42 Å². The summed E-state index contributed by atoms with van der Waals surface area (Å²) in [5.74, 6) is 0.981. The SMILES string of the molecule is CC(=NCC(C)C)NNS(=O)(=O)c1ccc(C)cc1. The van der Waals surface area contributed by atoms with E-state index in [1.54, 1.807) is 31.2 Å². The molecule has 0 aliphatic rings. The Hall–Kier alpha value is -1.40. The van der Waals surface area contributed by atoms with Crippen molar-refractivity contribution in [1.82, 2.24) is 10.3 Å². The second kappa shape index (κ2) is 6.68. The van der Waals surface area contributed by atoms with E-state index < -0.39 is 10.0 Å². The van der Waals surface area contributed by atoms with Gasteiger partial charge in [0.2, 0.25) is 0 Å². The third-order valence-corrected chi connectivity index (χ3v) is 3.65. The van der Waals surface area contributed by atoms with E-state index in [1.807, 2.05) is 20.8 Å². The monoisotopic (exact) mass is 283 g/mol. The number of aliphatic imine (C=N–C) groups is 1. The molecule has 6 heteroatoms. The fourth-order valence-corrected chi connectivity index (χ4v) is 2.17. The van der Waals surface area contributed by atoms with E-state index in [9.17, 15) is 8.42 Å². The number of benzene rings is 1. The Morgan fingerprint density at radius 2 is 1.84 bits per heavy atom. The normalized spacial score (nSPS) is 12.8. The van der Waals surface area contributed by atoms with Gasteiger partial charge in [-0.25, -0.2) is 8.42 Å². The van der Waals surface area contributed by atoms with E-state index in [1.165, 1.54) is 0 Å². The third kappa shape index (κ3) is 5.40. The molecule has 0 aromatic heterocycles. The molecule has 19 heavy (non-hydrogen) atoms. The van der Waals surface area contributed by atoms with Crippen molar-refractivity contribution in [3.63, 3.8) is 0 Å². The van der Waals surface area contributed by atoms with Gasteiger partial charge in [0.25, 0.3) is 10.0 Å². The number of amidine groups is 1. The zero-order chi connectivity index (χ0) is 14.5. The second-order valence-electron chi connectivity index (χ2n) is 4.86. The standard InChI is InChI=1S/C13H21N3O2S/c1-10(2)9-14-12(4)15-16-19(17,18)13-7-5-11(3)6-8-13/h5-8,10,16H,9H2,1-4H3,(H,14,15). The Morgan fingerprint density at radius 3 is 2.37 bits per heavy atom. The highest BCUT2D eigenvalue weighted by Crippen LogP contribution is 2.08. The summed E-state index contributed by atoms with van der Waals surface area (Å²) in [5.41, 5.74) is 3.62. The molecule has 5 nitrogen and oxygen atoms in total. The lowest BCUT2D eigenvalue weighted by Gasteiger charge is -2.09. The molecule has 1 aromatic carbocycles. The highest BCUT2D eigenvalue weighted by atomic mass is 32.2. The number of hydrogen-bond donors (Lipinski definition) is 2. The first kappa shape index (κ1) is 15.7. The molecule has 0 radical (unpaired) electrons. The summed E-state index contributed by atoms with van der Waals surface area (Å²) in [4.78, 5) is 6.75. The van der Waals surface area contributed by atoms with E-state index in [4.69, 9.17) is 0 Å². The number of nitrogens with one attached hydrogen (secondary N) is 2. The zero-order valence-electron chi connectivity index (χ0n) is 11.8. The fraction of sp³-hybridized carbons (Fsp3) is 0.462. The molecule has 0 heterocycles. The minimum absolute atomic E-state index is 0.224. The maximum Gasteiger partial charge on any atom is 0.257 e. The molecule has 0 aliphatic heterocycles. The summed E-state index contributed by atoms with van der Waals surface area (Å²) in [6, 6.07) is 6.66. The number of hydrogen-bond acceptors (Lipinski definition) is 3. The molecule has 0 spiro atoms. The Morgan fingerprint density at radius 1 is 1.26 bits per heavy atom. The van der Waals surface area contributed by atoms with Crippen LogP contribution in [0.25, 0.3) is 0 Å². The van der Waals surface area contributed by atoms with E-state index >= 15 is 0 Å². The third-order valence-electron chi connectivity index (χ3n) is 2.39. The number of rotatable bonds is 5. The van der Waals surface area contributed by atoms with E-state index in [-0.39, 0.29) is 4.90 Å². The van der Waals surface area contributed by atoms with Gasteiger partial charge in [0.15, 0.2) is 0 Å². The summed E-state index contributed by atoms with van der Waals surface area (Å²) in [7, 11) is -3.55. The largest absolute Gasteiger partial charge is 0.296 e. The number of aryl methyl sites for hydroxylation is 1. The van der Waals surface area contributed by atoms with Crippen LogP contribution in [0.2, 0.25) is 0 Å². The van der Waals surface area contributed by atoms with Crippen molar-refractivity contribution in [3.05, 3.63) is 29.8 Å². The Kier molecular flexibility index (Phi) is 5.50. The summed E-state index contributed by atoms with van der Waals surface area (Å²) in [6.07, 6.45) is 0. The smallest absolute Gasteiger partial charge is 0.257 e. The van der Waals surface area contributed by atoms with Crippen LogP contribution >= 0.6 is 0 Å². The van der Waals surface area contributed by atoms with E-state index in [2.05, 4.69) is 15.2 Å². The summed E-state index contributed by atoms with van der Waals surface area (Å²) < 4.78 is 23.9. The van der Waals surface area contributed by atoms with Crippen LogP contribution in [-0.2, 0) is 10.0 Å². The van der Waals surface area contributed by atoms with Crippen LogP contribution in [0.15, 0.2) is 34.2 Å². The molecule has 0 aliphatic carbocycles. The van der Waals surface area contributed by atoms with Crippen molar-refractivity contribution in [2.45, 2.75) is 32.6 Å². The first-order valence-corrected chi connectivity index (χ1v) is 7.65. The molecule has 1 rings (SSSR count). The van der Waals surface area contributed by atoms with Crippen molar-refractivity contribution in [2.75, 3.05) is 6.54 Å². The Labute approximate surface area is 115 Å². The van der Waals surface area contributed by atoms with Crippen LogP contribution in [0.5, 0.6) is 0 Å². The maximum atomic E-state index is 12.0. The van der Waals surface area contributed by atoms with Crippen molar-refractivity contribution in [2.24, 2.45) is 10.9 Å². The highest BCUT2D eigenvalue weighted by Gasteiger charge is 2.12. The molecule has 0 fully saturated rings. The summed E-state index contributed by atoms with van der Waals surface area (Å²) in [5, 5.41) is 0. The van der Waals surface area contributed by atoms with Crippen molar-refractivity contribution >= 4 is 15.9 Å². The number of hydrazine groups is 1. The molecule has 0 amide bonds. The lowest BCUT2D eigenvalue weighted by Crippen LogP contribution is -2.40. The van der Waals surface area contributed by atoms with Gasteiger partial charge in [0.05, 0.1) is 4.90 Å². The second-order valence-corrected chi connectivity index (χ2v) is 6.55. The topological polar surface area (TPSA) is 70.6 Å². The van der Waals surface area contributed by atoms with E-state index in [0.29, 0.717) is 18.3 Å². The molecule has 0 saturated heterocycles. The van der Waals surface area contributed by atoms with Gasteiger partial charge >= 0.3 is 0 Å². The molecule has 0 atom stereocenters. The molecule has 0 unspecified atom stereocenters. The molecule has 0 bridgehead atoms.